The Balaban J connectivity index is 0.00000144. The monoisotopic (exact) mass is 251 g/mol. The van der Waals surface area contributed by atoms with Gasteiger partial charge in [0.2, 0.25) is 0 Å². The smallest absolute Gasteiger partial charge is 0.117 e. The summed E-state index contributed by atoms with van der Waals surface area (Å²) in [7, 11) is 4.45. The second-order valence-corrected chi connectivity index (χ2v) is 5.17. The topological polar surface area (TPSA) is 20.2 Å². The van der Waals surface area contributed by atoms with E-state index < -0.39 is 5.60 Å². The van der Waals surface area contributed by atoms with Crippen LogP contribution in [0.1, 0.15) is 33.1 Å². The number of hydrogen-bond acceptors (Lipinski definition) is 1. The van der Waals surface area contributed by atoms with E-state index in [2.05, 4.69) is 14.1 Å². The summed E-state index contributed by atoms with van der Waals surface area (Å²) < 4.78 is 0.976. The van der Waals surface area contributed by atoms with Crippen molar-refractivity contribution in [3.63, 3.8) is 0 Å². The van der Waals surface area contributed by atoms with Crippen molar-refractivity contribution < 1.29 is 26.6 Å². The molecule has 0 radical (unpaired) electrons. The Morgan fingerprint density at radius 2 is 1.77 bits per heavy atom. The van der Waals surface area contributed by atoms with E-state index in [9.17, 15) is 5.11 Å². The zero-order chi connectivity index (χ0) is 9.41. The number of likely N-dealkylation sites (tertiary alicyclic amines) is 1. The summed E-state index contributed by atoms with van der Waals surface area (Å²) in [4.78, 5) is 0. The molecule has 0 aromatic carbocycles. The van der Waals surface area contributed by atoms with Crippen LogP contribution in [0, 0.1) is 0 Å². The number of likely N-dealkylation sites (N-methyl/N-ethyl adjacent to an activating group) is 1. The molecule has 3 heteroatoms. The molecular formula is C10H22BrNO. The number of halogens is 1. The van der Waals surface area contributed by atoms with Crippen LogP contribution in [0.5, 0.6) is 0 Å². The fourth-order valence-electron chi connectivity index (χ4n) is 2.57. The molecule has 1 N–H and O–H groups in total. The molecule has 1 aliphatic rings. The maximum absolute atomic E-state index is 9.96. The van der Waals surface area contributed by atoms with Crippen molar-refractivity contribution in [2.24, 2.45) is 0 Å². The van der Waals surface area contributed by atoms with E-state index in [1.54, 1.807) is 0 Å². The van der Waals surface area contributed by atoms with Crippen LogP contribution >= 0.6 is 0 Å². The van der Waals surface area contributed by atoms with Crippen LogP contribution in [-0.2, 0) is 0 Å². The molecule has 0 aromatic rings. The maximum Gasteiger partial charge on any atom is 0.117 e. The Kier molecular flexibility index (Phi) is 4.41. The summed E-state index contributed by atoms with van der Waals surface area (Å²) in [6.45, 7) is 5.07. The van der Waals surface area contributed by atoms with Gasteiger partial charge in [-0.15, -0.1) is 0 Å². The maximum atomic E-state index is 9.96. The third-order valence-electron chi connectivity index (χ3n) is 3.12. The van der Waals surface area contributed by atoms with Gasteiger partial charge in [-0.1, -0.05) is 0 Å². The molecule has 1 rings (SSSR count). The van der Waals surface area contributed by atoms with Crippen molar-refractivity contribution in [1.82, 2.24) is 0 Å². The molecule has 0 bridgehead atoms. The Hall–Kier alpha value is 0.400. The molecule has 2 nitrogen and oxygen atoms in total. The van der Waals surface area contributed by atoms with Crippen LogP contribution in [0.25, 0.3) is 0 Å². The SMILES string of the molecule is CC(C)(O)C1CCCC[N+]1(C)C.[Br-]. The highest BCUT2D eigenvalue weighted by Gasteiger charge is 2.41. The van der Waals surface area contributed by atoms with Crippen molar-refractivity contribution in [3.05, 3.63) is 0 Å². The summed E-state index contributed by atoms with van der Waals surface area (Å²) >= 11 is 0. The first kappa shape index (κ1) is 13.4. The van der Waals surface area contributed by atoms with Gasteiger partial charge in [0.25, 0.3) is 0 Å². The van der Waals surface area contributed by atoms with E-state index in [4.69, 9.17) is 0 Å². The molecule has 0 saturated carbocycles. The molecule has 1 heterocycles. The second-order valence-electron chi connectivity index (χ2n) is 5.17. The van der Waals surface area contributed by atoms with Gasteiger partial charge in [-0.05, 0) is 26.7 Å². The Labute approximate surface area is 92.3 Å². The lowest BCUT2D eigenvalue weighted by molar-refractivity contribution is -0.926. The van der Waals surface area contributed by atoms with Gasteiger partial charge in [0.1, 0.15) is 11.6 Å². The molecule has 0 spiro atoms. The summed E-state index contributed by atoms with van der Waals surface area (Å²) in [5.41, 5.74) is -0.524. The minimum atomic E-state index is -0.524. The quantitative estimate of drug-likeness (QED) is 0.557. The first-order valence-electron chi connectivity index (χ1n) is 4.89. The van der Waals surface area contributed by atoms with Crippen molar-refractivity contribution >= 4 is 0 Å². The number of piperidine rings is 1. The molecule has 1 unspecified atom stereocenters. The first-order chi connectivity index (χ1) is 5.34. The summed E-state index contributed by atoms with van der Waals surface area (Å²) in [6, 6.07) is 0.409. The predicted octanol–water partition coefficient (Wildman–Crippen LogP) is -1.61. The molecule has 0 aliphatic carbocycles. The number of quaternary nitrogens is 1. The van der Waals surface area contributed by atoms with Crippen LogP contribution < -0.4 is 17.0 Å². The molecule has 1 aliphatic heterocycles. The minimum Gasteiger partial charge on any atom is -1.00 e. The first-order valence-corrected chi connectivity index (χ1v) is 4.89. The minimum absolute atomic E-state index is 0. The van der Waals surface area contributed by atoms with Gasteiger partial charge in [0, 0.05) is 6.42 Å². The Morgan fingerprint density at radius 3 is 2.08 bits per heavy atom. The molecule has 80 valence electrons. The lowest BCUT2D eigenvalue weighted by atomic mass is 9.88. The molecule has 13 heavy (non-hydrogen) atoms. The van der Waals surface area contributed by atoms with Gasteiger partial charge in [-0.2, -0.15) is 0 Å². The fraction of sp³-hybridized carbons (Fsp3) is 1.00. The van der Waals surface area contributed by atoms with E-state index in [-0.39, 0.29) is 17.0 Å². The van der Waals surface area contributed by atoms with Gasteiger partial charge < -0.3 is 26.6 Å². The third-order valence-corrected chi connectivity index (χ3v) is 3.12. The van der Waals surface area contributed by atoms with Gasteiger partial charge >= 0.3 is 0 Å². The molecule has 1 saturated heterocycles. The highest BCUT2D eigenvalue weighted by molar-refractivity contribution is 4.80. The zero-order valence-corrected chi connectivity index (χ0v) is 10.8. The molecule has 0 amide bonds. The largest absolute Gasteiger partial charge is 1.00 e. The Morgan fingerprint density at radius 1 is 1.23 bits per heavy atom. The highest BCUT2D eigenvalue weighted by Crippen LogP contribution is 2.29. The molecular weight excluding hydrogens is 230 g/mol. The number of nitrogens with zero attached hydrogens (tertiary/aromatic N) is 1. The standard InChI is InChI=1S/C10H22NO.BrH/c1-10(2,12)9-7-5-6-8-11(9,3)4;/h9,12H,5-8H2,1-4H3;1H/q+1;/p-1. The number of aliphatic hydroxyl groups is 1. The fourth-order valence-corrected chi connectivity index (χ4v) is 2.57. The third kappa shape index (κ3) is 3.22. The van der Waals surface area contributed by atoms with Gasteiger partial charge in [-0.3, -0.25) is 0 Å². The lowest BCUT2D eigenvalue weighted by Gasteiger charge is -2.46. The number of rotatable bonds is 1. The van der Waals surface area contributed by atoms with Crippen molar-refractivity contribution in [1.29, 1.82) is 0 Å². The van der Waals surface area contributed by atoms with E-state index in [0.29, 0.717) is 6.04 Å². The van der Waals surface area contributed by atoms with E-state index in [1.165, 1.54) is 19.4 Å². The van der Waals surface area contributed by atoms with Crippen molar-refractivity contribution in [2.45, 2.75) is 44.8 Å². The van der Waals surface area contributed by atoms with Gasteiger partial charge in [0.15, 0.2) is 0 Å². The molecule has 0 aromatic heterocycles. The molecule has 1 fully saturated rings. The van der Waals surface area contributed by atoms with Gasteiger partial charge in [-0.25, -0.2) is 0 Å². The summed E-state index contributed by atoms with van der Waals surface area (Å²) in [5, 5.41) is 9.96. The molecule has 1 atom stereocenters. The van der Waals surface area contributed by atoms with Crippen LogP contribution in [0.3, 0.4) is 0 Å². The van der Waals surface area contributed by atoms with E-state index >= 15 is 0 Å². The van der Waals surface area contributed by atoms with Crippen LogP contribution in [0.15, 0.2) is 0 Å². The lowest BCUT2D eigenvalue weighted by Crippen LogP contribution is -3.00. The average Bonchev–Trinajstić information content (AvgIpc) is 1.83. The van der Waals surface area contributed by atoms with Crippen LogP contribution in [-0.4, -0.2) is 41.9 Å². The van der Waals surface area contributed by atoms with Crippen molar-refractivity contribution in [2.75, 3.05) is 20.6 Å². The second kappa shape index (κ2) is 4.28. The summed E-state index contributed by atoms with van der Waals surface area (Å²) in [6.07, 6.45) is 3.74. The van der Waals surface area contributed by atoms with Crippen molar-refractivity contribution in [3.8, 4) is 0 Å². The Bertz CT molecular complexity index is 163. The normalized spacial score (nSPS) is 27.9. The number of hydrogen-bond donors (Lipinski definition) is 1. The average molecular weight is 252 g/mol. The highest BCUT2D eigenvalue weighted by atomic mass is 79.9. The zero-order valence-electron chi connectivity index (χ0n) is 9.18. The van der Waals surface area contributed by atoms with E-state index in [0.717, 1.165) is 10.9 Å². The predicted molar refractivity (Wildman–Crippen MR) is 50.9 cm³/mol. The van der Waals surface area contributed by atoms with Crippen LogP contribution in [0.4, 0.5) is 0 Å². The summed E-state index contributed by atoms with van der Waals surface area (Å²) in [5.74, 6) is 0. The van der Waals surface area contributed by atoms with E-state index in [1.807, 2.05) is 13.8 Å². The van der Waals surface area contributed by atoms with Gasteiger partial charge in [0.05, 0.1) is 20.6 Å². The van der Waals surface area contributed by atoms with Crippen LogP contribution in [0.2, 0.25) is 0 Å².